The second kappa shape index (κ2) is 4.48. The molecule has 0 spiro atoms. The van der Waals surface area contributed by atoms with E-state index in [1.165, 1.54) is 4.88 Å². The molecule has 0 bridgehead atoms. The van der Waals surface area contributed by atoms with Gasteiger partial charge in [-0.15, -0.1) is 11.3 Å². The summed E-state index contributed by atoms with van der Waals surface area (Å²) >= 11 is 1.63. The van der Waals surface area contributed by atoms with Gasteiger partial charge in [0.1, 0.15) is 5.82 Å². The highest BCUT2D eigenvalue weighted by Crippen LogP contribution is 2.26. The molecule has 94 valence electrons. The fraction of sp³-hybridized carbons (Fsp3) is 0.214. The quantitative estimate of drug-likeness (QED) is 0.717. The van der Waals surface area contributed by atoms with Crippen LogP contribution in [0.5, 0.6) is 0 Å². The summed E-state index contributed by atoms with van der Waals surface area (Å²) in [5.41, 5.74) is 2.93. The zero-order chi connectivity index (χ0) is 13.4. The molecule has 2 heterocycles. The van der Waals surface area contributed by atoms with E-state index in [0.29, 0.717) is 0 Å². The fourth-order valence-corrected chi connectivity index (χ4v) is 2.97. The van der Waals surface area contributed by atoms with Gasteiger partial charge in [-0.2, -0.15) is 5.26 Å². The van der Waals surface area contributed by atoms with Crippen molar-refractivity contribution in [3.05, 3.63) is 40.7 Å². The SMILES string of the molecule is Cc1nc(-n2c(CC#N)nc3ccccc32)sc1C. The molecule has 0 saturated carbocycles. The van der Waals surface area contributed by atoms with E-state index in [1.54, 1.807) is 11.3 Å². The number of nitriles is 1. The zero-order valence-electron chi connectivity index (χ0n) is 10.7. The molecule has 0 aliphatic heterocycles. The van der Waals surface area contributed by atoms with Crippen LogP contribution >= 0.6 is 11.3 Å². The number of benzene rings is 1. The average Bonchev–Trinajstić information content (AvgIpc) is 2.90. The summed E-state index contributed by atoms with van der Waals surface area (Å²) in [7, 11) is 0. The van der Waals surface area contributed by atoms with E-state index in [1.807, 2.05) is 35.8 Å². The number of rotatable bonds is 2. The molecule has 0 N–H and O–H groups in total. The van der Waals surface area contributed by atoms with E-state index < -0.39 is 0 Å². The normalized spacial score (nSPS) is 10.8. The van der Waals surface area contributed by atoms with Crippen LogP contribution in [0.1, 0.15) is 16.4 Å². The van der Waals surface area contributed by atoms with Crippen LogP contribution in [-0.4, -0.2) is 14.5 Å². The molecule has 0 aliphatic rings. The van der Waals surface area contributed by atoms with Crippen LogP contribution in [0.25, 0.3) is 16.2 Å². The standard InChI is InChI=1S/C14H12N4S/c1-9-10(2)19-14(16-9)18-12-6-4-3-5-11(12)17-13(18)7-8-15/h3-6H,7H2,1-2H3. The van der Waals surface area contributed by atoms with E-state index in [2.05, 4.69) is 23.0 Å². The minimum atomic E-state index is 0.284. The van der Waals surface area contributed by atoms with Crippen molar-refractivity contribution in [3.63, 3.8) is 0 Å². The molecule has 5 heteroatoms. The molecule has 2 aromatic heterocycles. The Morgan fingerprint density at radius 3 is 2.74 bits per heavy atom. The lowest BCUT2D eigenvalue weighted by Crippen LogP contribution is -2.00. The first-order chi connectivity index (χ1) is 9.20. The number of hydrogen-bond acceptors (Lipinski definition) is 4. The van der Waals surface area contributed by atoms with Crippen LogP contribution in [0.15, 0.2) is 24.3 Å². The molecule has 1 aromatic carbocycles. The van der Waals surface area contributed by atoms with Crippen molar-refractivity contribution in [2.45, 2.75) is 20.3 Å². The summed E-state index contributed by atoms with van der Waals surface area (Å²) in [6.45, 7) is 4.05. The van der Waals surface area contributed by atoms with Crippen LogP contribution in [0.4, 0.5) is 0 Å². The molecular weight excluding hydrogens is 256 g/mol. The zero-order valence-corrected chi connectivity index (χ0v) is 11.5. The number of imidazole rings is 1. The summed E-state index contributed by atoms with van der Waals surface area (Å²) in [4.78, 5) is 10.3. The van der Waals surface area contributed by atoms with Crippen molar-refractivity contribution >= 4 is 22.4 Å². The third kappa shape index (κ3) is 1.90. The summed E-state index contributed by atoms with van der Waals surface area (Å²) in [5.74, 6) is 0.748. The Kier molecular flexibility index (Phi) is 2.80. The Hall–Kier alpha value is -2.19. The predicted molar refractivity (Wildman–Crippen MR) is 75.5 cm³/mol. The van der Waals surface area contributed by atoms with Crippen LogP contribution in [-0.2, 0) is 6.42 Å². The van der Waals surface area contributed by atoms with Crippen molar-refractivity contribution in [3.8, 4) is 11.2 Å². The van der Waals surface area contributed by atoms with Crippen molar-refractivity contribution in [2.75, 3.05) is 0 Å². The average molecular weight is 268 g/mol. The predicted octanol–water partition coefficient (Wildman–Crippen LogP) is 3.16. The number of para-hydroxylation sites is 2. The topological polar surface area (TPSA) is 54.5 Å². The van der Waals surface area contributed by atoms with Crippen molar-refractivity contribution in [1.29, 1.82) is 5.26 Å². The van der Waals surface area contributed by atoms with Gasteiger partial charge < -0.3 is 0 Å². The van der Waals surface area contributed by atoms with E-state index in [0.717, 1.165) is 27.7 Å². The van der Waals surface area contributed by atoms with Gasteiger partial charge in [-0.1, -0.05) is 12.1 Å². The maximum Gasteiger partial charge on any atom is 0.196 e. The summed E-state index contributed by atoms with van der Waals surface area (Å²) in [6, 6.07) is 10.1. The first-order valence-electron chi connectivity index (χ1n) is 5.98. The van der Waals surface area contributed by atoms with Gasteiger partial charge in [-0.25, -0.2) is 9.97 Å². The Morgan fingerprint density at radius 1 is 1.26 bits per heavy atom. The molecular formula is C14H12N4S. The van der Waals surface area contributed by atoms with Gasteiger partial charge in [-0.05, 0) is 26.0 Å². The Balaban J connectivity index is 2.31. The van der Waals surface area contributed by atoms with Gasteiger partial charge in [0.05, 0.1) is 29.2 Å². The maximum absolute atomic E-state index is 8.96. The van der Waals surface area contributed by atoms with Crippen molar-refractivity contribution in [2.24, 2.45) is 0 Å². The van der Waals surface area contributed by atoms with E-state index in [9.17, 15) is 0 Å². The third-order valence-electron chi connectivity index (χ3n) is 3.08. The first-order valence-corrected chi connectivity index (χ1v) is 6.80. The van der Waals surface area contributed by atoms with Gasteiger partial charge in [0, 0.05) is 4.88 Å². The molecule has 0 atom stereocenters. The van der Waals surface area contributed by atoms with E-state index >= 15 is 0 Å². The number of fused-ring (bicyclic) bond motifs is 1. The number of hydrogen-bond donors (Lipinski definition) is 0. The van der Waals surface area contributed by atoms with Gasteiger partial charge in [0.15, 0.2) is 5.13 Å². The molecule has 3 aromatic rings. The molecule has 0 fully saturated rings. The Morgan fingerprint density at radius 2 is 2.05 bits per heavy atom. The number of nitrogens with zero attached hydrogens (tertiary/aromatic N) is 4. The minimum absolute atomic E-state index is 0.284. The van der Waals surface area contributed by atoms with Gasteiger partial charge in [-0.3, -0.25) is 4.57 Å². The van der Waals surface area contributed by atoms with Crippen molar-refractivity contribution in [1.82, 2.24) is 14.5 Å². The molecule has 0 radical (unpaired) electrons. The molecule has 0 unspecified atom stereocenters. The van der Waals surface area contributed by atoms with Crippen LogP contribution in [0.3, 0.4) is 0 Å². The van der Waals surface area contributed by atoms with Gasteiger partial charge in [0.2, 0.25) is 0 Å². The molecule has 0 amide bonds. The van der Waals surface area contributed by atoms with Crippen LogP contribution in [0.2, 0.25) is 0 Å². The Labute approximate surface area is 115 Å². The lowest BCUT2D eigenvalue weighted by molar-refractivity contribution is 0.937. The molecule has 0 aliphatic carbocycles. The molecule has 0 saturated heterocycles. The monoisotopic (exact) mass is 268 g/mol. The Bertz CT molecular complexity index is 772. The minimum Gasteiger partial charge on any atom is -0.271 e. The van der Waals surface area contributed by atoms with E-state index in [-0.39, 0.29) is 6.42 Å². The fourth-order valence-electron chi connectivity index (χ4n) is 2.03. The number of aromatic nitrogens is 3. The highest BCUT2D eigenvalue weighted by molar-refractivity contribution is 7.14. The molecule has 19 heavy (non-hydrogen) atoms. The number of thiazole rings is 1. The maximum atomic E-state index is 8.96. The third-order valence-corrected chi connectivity index (χ3v) is 4.13. The van der Waals surface area contributed by atoms with Crippen LogP contribution < -0.4 is 0 Å². The van der Waals surface area contributed by atoms with E-state index in [4.69, 9.17) is 5.26 Å². The largest absolute Gasteiger partial charge is 0.271 e. The lowest BCUT2D eigenvalue weighted by atomic mass is 10.3. The van der Waals surface area contributed by atoms with Gasteiger partial charge >= 0.3 is 0 Å². The number of aryl methyl sites for hydroxylation is 2. The van der Waals surface area contributed by atoms with Crippen LogP contribution in [0, 0.1) is 25.2 Å². The smallest absolute Gasteiger partial charge is 0.196 e. The first kappa shape index (κ1) is 11.9. The molecule has 4 nitrogen and oxygen atoms in total. The second-order valence-corrected chi connectivity index (χ2v) is 5.51. The molecule has 3 rings (SSSR count). The highest BCUT2D eigenvalue weighted by atomic mass is 32.1. The summed E-state index contributed by atoms with van der Waals surface area (Å²) < 4.78 is 1.99. The second-order valence-electron chi connectivity index (χ2n) is 4.33. The van der Waals surface area contributed by atoms with Crippen molar-refractivity contribution < 1.29 is 0 Å². The summed E-state index contributed by atoms with van der Waals surface area (Å²) in [5, 5.41) is 9.84. The van der Waals surface area contributed by atoms with Gasteiger partial charge in [0.25, 0.3) is 0 Å². The summed E-state index contributed by atoms with van der Waals surface area (Å²) in [6.07, 6.45) is 0.284. The lowest BCUT2D eigenvalue weighted by Gasteiger charge is -2.02. The highest BCUT2D eigenvalue weighted by Gasteiger charge is 2.15.